The largest absolute Gasteiger partial charge is 0.595 e. The van der Waals surface area contributed by atoms with Crippen molar-refractivity contribution in [1.82, 2.24) is 0 Å². The standard InChI is InChI=1S/C7H14N/c1-8(2)6-4-3-5-7-8/h1-7H2/q-1. The maximum atomic E-state index is 3.96. The van der Waals surface area contributed by atoms with E-state index in [1.54, 1.807) is 0 Å². The molecule has 1 rings (SSSR count). The van der Waals surface area contributed by atoms with Crippen LogP contribution in [0.3, 0.4) is 0 Å². The summed E-state index contributed by atoms with van der Waals surface area (Å²) >= 11 is 0. The molecule has 0 N–H and O–H groups in total. The van der Waals surface area contributed by atoms with Crippen molar-refractivity contribution in [3.8, 4) is 0 Å². The van der Waals surface area contributed by atoms with Crippen molar-refractivity contribution >= 4 is 0 Å². The zero-order valence-corrected chi connectivity index (χ0v) is 5.40. The van der Waals surface area contributed by atoms with Gasteiger partial charge in [0.15, 0.2) is 0 Å². The minimum absolute atomic E-state index is 0.750. The molecule has 0 aromatic rings. The minimum Gasteiger partial charge on any atom is -0.595 e. The Morgan fingerprint density at radius 1 is 0.875 bits per heavy atom. The first kappa shape index (κ1) is 6.09. The molecule has 0 spiro atoms. The fourth-order valence-electron chi connectivity index (χ4n) is 1.18. The highest BCUT2D eigenvalue weighted by atomic mass is 15.3. The van der Waals surface area contributed by atoms with Crippen molar-refractivity contribution in [2.75, 3.05) is 13.1 Å². The maximum Gasteiger partial charge on any atom is 0.0311 e. The van der Waals surface area contributed by atoms with Crippen LogP contribution in [0, 0.1) is 14.1 Å². The van der Waals surface area contributed by atoms with Gasteiger partial charge >= 0.3 is 0 Å². The van der Waals surface area contributed by atoms with E-state index in [2.05, 4.69) is 14.1 Å². The van der Waals surface area contributed by atoms with E-state index in [0.29, 0.717) is 0 Å². The van der Waals surface area contributed by atoms with Gasteiger partial charge in [-0.05, 0) is 19.3 Å². The first-order valence-electron chi connectivity index (χ1n) is 3.26. The van der Waals surface area contributed by atoms with Gasteiger partial charge in [-0.2, -0.15) is 14.1 Å². The highest BCUT2D eigenvalue weighted by molar-refractivity contribution is 4.51. The van der Waals surface area contributed by atoms with Crippen LogP contribution in [0.15, 0.2) is 0 Å². The molecular formula is C7H14N-. The lowest BCUT2D eigenvalue weighted by atomic mass is 10.1. The van der Waals surface area contributed by atoms with Gasteiger partial charge in [-0.1, -0.05) is 0 Å². The molecule has 0 aromatic heterocycles. The van der Waals surface area contributed by atoms with Crippen molar-refractivity contribution in [2.45, 2.75) is 19.3 Å². The van der Waals surface area contributed by atoms with Crippen LogP contribution in [-0.4, -0.2) is 17.6 Å². The summed E-state index contributed by atoms with van der Waals surface area (Å²) in [5.74, 6) is 0. The first-order chi connectivity index (χ1) is 3.71. The second-order valence-corrected chi connectivity index (χ2v) is 2.85. The van der Waals surface area contributed by atoms with E-state index in [1.165, 1.54) is 32.4 Å². The molecule has 0 bridgehead atoms. The lowest BCUT2D eigenvalue weighted by Crippen LogP contribution is -2.39. The molecule has 1 aliphatic heterocycles. The summed E-state index contributed by atoms with van der Waals surface area (Å²) in [6.07, 6.45) is 4.00. The van der Waals surface area contributed by atoms with Crippen molar-refractivity contribution in [3.63, 3.8) is 0 Å². The van der Waals surface area contributed by atoms with Gasteiger partial charge in [-0.3, -0.25) is 0 Å². The highest BCUT2D eigenvalue weighted by Gasteiger charge is 2.07. The smallest absolute Gasteiger partial charge is 0.0311 e. The van der Waals surface area contributed by atoms with Gasteiger partial charge in [-0.15, -0.1) is 0 Å². The molecule has 0 aromatic carbocycles. The van der Waals surface area contributed by atoms with E-state index in [-0.39, 0.29) is 0 Å². The highest BCUT2D eigenvalue weighted by Crippen LogP contribution is 2.14. The fourth-order valence-corrected chi connectivity index (χ4v) is 1.18. The quantitative estimate of drug-likeness (QED) is 0.329. The van der Waals surface area contributed by atoms with E-state index in [1.807, 2.05) is 0 Å². The van der Waals surface area contributed by atoms with Gasteiger partial charge in [0.05, 0.1) is 0 Å². The van der Waals surface area contributed by atoms with Crippen LogP contribution in [0.25, 0.3) is 0 Å². The van der Waals surface area contributed by atoms with Crippen molar-refractivity contribution in [3.05, 3.63) is 14.1 Å². The molecule has 0 saturated carbocycles. The molecule has 1 saturated heterocycles. The molecule has 0 amide bonds. The lowest BCUT2D eigenvalue weighted by molar-refractivity contribution is -0.846. The summed E-state index contributed by atoms with van der Waals surface area (Å²) in [6.45, 7) is 2.33. The number of likely N-dealkylation sites (tertiary alicyclic amines) is 1. The first-order valence-corrected chi connectivity index (χ1v) is 3.26. The van der Waals surface area contributed by atoms with Crippen LogP contribution >= 0.6 is 0 Å². The molecule has 1 nitrogen and oxygen atoms in total. The monoisotopic (exact) mass is 112 g/mol. The summed E-state index contributed by atoms with van der Waals surface area (Å²) < 4.78 is 0.750. The summed E-state index contributed by atoms with van der Waals surface area (Å²) in [4.78, 5) is 0. The normalized spacial score (nSPS) is 27.8. The molecule has 8 heavy (non-hydrogen) atoms. The zero-order chi connectivity index (χ0) is 6.04. The summed E-state index contributed by atoms with van der Waals surface area (Å²) in [7, 11) is 7.91. The SMILES string of the molecule is [CH2-][N+]1([CH2-])CCCCC1. The molecule has 1 aliphatic rings. The third-order valence-corrected chi connectivity index (χ3v) is 1.76. The Hall–Kier alpha value is -0.0400. The molecule has 0 unspecified atom stereocenters. The van der Waals surface area contributed by atoms with E-state index < -0.39 is 0 Å². The van der Waals surface area contributed by atoms with Gasteiger partial charge in [0.25, 0.3) is 0 Å². The molecule has 0 radical (unpaired) electrons. The van der Waals surface area contributed by atoms with Crippen LogP contribution < -0.4 is 0 Å². The Morgan fingerprint density at radius 2 is 1.38 bits per heavy atom. The van der Waals surface area contributed by atoms with Crippen LogP contribution in [0.2, 0.25) is 0 Å². The molecular weight excluding hydrogens is 98.1 g/mol. The number of rotatable bonds is 0. The van der Waals surface area contributed by atoms with Gasteiger partial charge in [0.2, 0.25) is 0 Å². The van der Waals surface area contributed by atoms with Crippen molar-refractivity contribution in [2.24, 2.45) is 0 Å². The Balaban J connectivity index is 2.33. The molecule has 1 heteroatoms. The second-order valence-electron chi connectivity index (χ2n) is 2.85. The lowest BCUT2D eigenvalue weighted by Gasteiger charge is -2.49. The second kappa shape index (κ2) is 2.06. The molecule has 1 heterocycles. The Labute approximate surface area is 51.9 Å². The predicted octanol–water partition coefficient (Wildman–Crippen LogP) is 1.57. The molecule has 0 aliphatic carbocycles. The summed E-state index contributed by atoms with van der Waals surface area (Å²) in [5, 5.41) is 0. The minimum atomic E-state index is 0.750. The van der Waals surface area contributed by atoms with Crippen LogP contribution in [-0.2, 0) is 0 Å². The maximum absolute atomic E-state index is 3.96. The van der Waals surface area contributed by atoms with Gasteiger partial charge in [-0.25, -0.2) is 0 Å². The van der Waals surface area contributed by atoms with Gasteiger partial charge in [0.1, 0.15) is 0 Å². The van der Waals surface area contributed by atoms with E-state index in [9.17, 15) is 0 Å². The van der Waals surface area contributed by atoms with E-state index in [0.717, 1.165) is 4.48 Å². The number of piperidine rings is 1. The van der Waals surface area contributed by atoms with E-state index in [4.69, 9.17) is 0 Å². The van der Waals surface area contributed by atoms with Crippen LogP contribution in [0.4, 0.5) is 0 Å². The van der Waals surface area contributed by atoms with Crippen LogP contribution in [0.1, 0.15) is 19.3 Å². The topological polar surface area (TPSA) is 0 Å². The summed E-state index contributed by atoms with van der Waals surface area (Å²) in [6, 6.07) is 0. The molecule has 1 fully saturated rings. The number of hydrogen-bond donors (Lipinski definition) is 0. The summed E-state index contributed by atoms with van der Waals surface area (Å²) in [5.41, 5.74) is 0. The van der Waals surface area contributed by atoms with Crippen molar-refractivity contribution in [1.29, 1.82) is 0 Å². The number of hydrogen-bond acceptors (Lipinski definition) is 0. The molecule has 48 valence electrons. The predicted molar refractivity (Wildman–Crippen MR) is 34.6 cm³/mol. The zero-order valence-electron chi connectivity index (χ0n) is 5.40. The molecule has 0 atom stereocenters. The average Bonchev–Trinajstić information content (AvgIpc) is 1.65. The average molecular weight is 112 g/mol. The van der Waals surface area contributed by atoms with Gasteiger partial charge < -0.3 is 4.48 Å². The Morgan fingerprint density at radius 3 is 1.62 bits per heavy atom. The van der Waals surface area contributed by atoms with Gasteiger partial charge in [0, 0.05) is 13.1 Å². The number of nitrogens with zero attached hydrogens (tertiary/aromatic N) is 1. The fraction of sp³-hybridized carbons (Fsp3) is 0.714. The third-order valence-electron chi connectivity index (χ3n) is 1.76. The van der Waals surface area contributed by atoms with E-state index >= 15 is 0 Å². The third kappa shape index (κ3) is 1.48. The number of quaternary nitrogens is 1. The Bertz CT molecular complexity index is 68.5. The van der Waals surface area contributed by atoms with Crippen molar-refractivity contribution < 1.29 is 4.48 Å². The Kier molecular flexibility index (Phi) is 1.57. The van der Waals surface area contributed by atoms with Crippen LogP contribution in [0.5, 0.6) is 0 Å².